The molecule has 0 aliphatic carbocycles. The van der Waals surface area contributed by atoms with Crippen molar-refractivity contribution >= 4 is 0 Å². The van der Waals surface area contributed by atoms with Crippen molar-refractivity contribution in [1.29, 1.82) is 0 Å². The molecule has 1 atom stereocenters. The number of allylic oxidation sites excluding steroid dienone is 1. The molecule has 0 spiro atoms. The van der Waals surface area contributed by atoms with Gasteiger partial charge in [-0.25, -0.2) is 0 Å². The normalized spacial score (nSPS) is 14.1. The van der Waals surface area contributed by atoms with Gasteiger partial charge in [0.1, 0.15) is 0 Å². The topological polar surface area (TPSA) is 28.7 Å². The molecule has 0 saturated heterocycles. The van der Waals surface area contributed by atoms with E-state index < -0.39 is 0 Å². The zero-order chi connectivity index (χ0) is 10.9. The van der Waals surface area contributed by atoms with Crippen LogP contribution in [0.1, 0.15) is 43.6 Å². The van der Waals surface area contributed by atoms with Gasteiger partial charge in [0.2, 0.25) is 0 Å². The highest BCUT2D eigenvalue weighted by molar-refractivity contribution is 5.29. The maximum absolute atomic E-state index is 4.23. The largest absolute Gasteiger partial charge is 0.282 e. The van der Waals surface area contributed by atoms with Gasteiger partial charge in [0, 0.05) is 5.69 Å². The summed E-state index contributed by atoms with van der Waals surface area (Å²) in [6, 6.07) is 0. The molecule has 1 heterocycles. The second-order valence-corrected chi connectivity index (χ2v) is 4.59. The van der Waals surface area contributed by atoms with Crippen molar-refractivity contribution in [3.63, 3.8) is 0 Å². The van der Waals surface area contributed by atoms with Crippen molar-refractivity contribution in [3.05, 3.63) is 29.6 Å². The molecule has 0 amide bonds. The third-order valence-electron chi connectivity index (χ3n) is 3.26. The summed E-state index contributed by atoms with van der Waals surface area (Å²) in [4.78, 5) is 0. The van der Waals surface area contributed by atoms with E-state index in [-0.39, 0.29) is 5.41 Å². The van der Waals surface area contributed by atoms with Gasteiger partial charge >= 0.3 is 0 Å². The van der Waals surface area contributed by atoms with E-state index in [4.69, 9.17) is 0 Å². The number of nitrogens with one attached hydrogen (secondary N) is 1. The van der Waals surface area contributed by atoms with Crippen LogP contribution in [0.15, 0.2) is 12.7 Å². The second kappa shape index (κ2) is 3.60. The van der Waals surface area contributed by atoms with Gasteiger partial charge < -0.3 is 0 Å². The molecule has 2 nitrogen and oxygen atoms in total. The molecule has 0 aliphatic heterocycles. The van der Waals surface area contributed by atoms with E-state index in [1.807, 2.05) is 6.08 Å². The van der Waals surface area contributed by atoms with Crippen LogP contribution in [0.5, 0.6) is 0 Å². The molecule has 2 heteroatoms. The first-order chi connectivity index (χ1) is 6.40. The molecule has 0 saturated carbocycles. The minimum atomic E-state index is 0.111. The molecule has 0 aromatic carbocycles. The monoisotopic (exact) mass is 192 g/mol. The molecule has 1 rings (SSSR count). The summed E-state index contributed by atoms with van der Waals surface area (Å²) >= 11 is 0. The highest BCUT2D eigenvalue weighted by Gasteiger charge is 2.27. The Morgan fingerprint density at radius 3 is 2.36 bits per heavy atom. The minimum absolute atomic E-state index is 0.111. The number of hydrogen-bond acceptors (Lipinski definition) is 1. The van der Waals surface area contributed by atoms with Crippen LogP contribution in [0, 0.1) is 19.3 Å². The van der Waals surface area contributed by atoms with Crippen LogP contribution in [0.25, 0.3) is 0 Å². The van der Waals surface area contributed by atoms with Crippen molar-refractivity contribution in [2.45, 2.75) is 40.5 Å². The van der Waals surface area contributed by atoms with Crippen molar-refractivity contribution in [2.24, 2.45) is 5.41 Å². The van der Waals surface area contributed by atoms with Crippen molar-refractivity contribution < 1.29 is 0 Å². The molecular weight excluding hydrogens is 172 g/mol. The van der Waals surface area contributed by atoms with Gasteiger partial charge in [0.15, 0.2) is 0 Å². The molecule has 14 heavy (non-hydrogen) atoms. The maximum Gasteiger partial charge on any atom is 0.0628 e. The number of aromatic nitrogens is 2. The zero-order valence-corrected chi connectivity index (χ0v) is 9.81. The third-order valence-corrected chi connectivity index (χ3v) is 3.26. The molecule has 1 aromatic rings. The Balaban J connectivity index is 3.11. The first kappa shape index (κ1) is 11.0. The van der Waals surface area contributed by atoms with Gasteiger partial charge in [-0.2, -0.15) is 5.10 Å². The average molecular weight is 192 g/mol. The second-order valence-electron chi connectivity index (χ2n) is 4.59. The van der Waals surface area contributed by atoms with Crippen molar-refractivity contribution in [3.8, 4) is 0 Å². The van der Waals surface area contributed by atoms with Crippen molar-refractivity contribution in [2.75, 3.05) is 0 Å². The van der Waals surface area contributed by atoms with E-state index in [9.17, 15) is 0 Å². The van der Waals surface area contributed by atoms with E-state index in [0.717, 1.165) is 5.69 Å². The standard InChI is InChI=1S/C12H20N2/c1-7-12(5,6)8(2)11-9(3)13-14-10(11)4/h7-8H,1H2,2-6H3,(H,13,14). The van der Waals surface area contributed by atoms with Gasteiger partial charge in [-0.1, -0.05) is 26.8 Å². The van der Waals surface area contributed by atoms with Gasteiger partial charge in [-0.05, 0) is 30.7 Å². The Labute approximate surface area is 86.4 Å². The van der Waals surface area contributed by atoms with Gasteiger partial charge in [-0.3, -0.25) is 5.10 Å². The van der Waals surface area contributed by atoms with Crippen LogP contribution in [0.2, 0.25) is 0 Å². The van der Waals surface area contributed by atoms with Gasteiger partial charge in [0.25, 0.3) is 0 Å². The lowest BCUT2D eigenvalue weighted by Gasteiger charge is -2.28. The van der Waals surface area contributed by atoms with Crippen LogP contribution >= 0.6 is 0 Å². The summed E-state index contributed by atoms with van der Waals surface area (Å²) < 4.78 is 0. The number of hydrogen-bond donors (Lipinski definition) is 1. The SMILES string of the molecule is C=CC(C)(C)C(C)c1c(C)n[nH]c1C. The first-order valence-corrected chi connectivity index (χ1v) is 5.05. The number of aryl methyl sites for hydroxylation is 2. The quantitative estimate of drug-likeness (QED) is 0.731. The Bertz CT molecular complexity index is 315. The lowest BCUT2D eigenvalue weighted by atomic mass is 9.75. The summed E-state index contributed by atoms with van der Waals surface area (Å²) in [7, 11) is 0. The summed E-state index contributed by atoms with van der Waals surface area (Å²) in [5.41, 5.74) is 3.71. The molecule has 1 unspecified atom stereocenters. The highest BCUT2D eigenvalue weighted by atomic mass is 15.1. The van der Waals surface area contributed by atoms with Crippen LogP contribution < -0.4 is 0 Å². The third kappa shape index (κ3) is 1.74. The van der Waals surface area contributed by atoms with Crippen molar-refractivity contribution in [1.82, 2.24) is 10.2 Å². The van der Waals surface area contributed by atoms with Gasteiger partial charge in [-0.15, -0.1) is 6.58 Å². The molecular formula is C12H20N2. The Kier molecular flexibility index (Phi) is 2.84. The number of nitrogens with zero attached hydrogens (tertiary/aromatic N) is 1. The molecule has 0 fully saturated rings. The minimum Gasteiger partial charge on any atom is -0.282 e. The average Bonchev–Trinajstić information content (AvgIpc) is 2.45. The molecule has 0 bridgehead atoms. The first-order valence-electron chi connectivity index (χ1n) is 5.05. The van der Waals surface area contributed by atoms with Crippen LogP contribution in [-0.4, -0.2) is 10.2 Å². The fraction of sp³-hybridized carbons (Fsp3) is 0.583. The van der Waals surface area contributed by atoms with Crippen LogP contribution in [0.4, 0.5) is 0 Å². The Hall–Kier alpha value is -1.05. The van der Waals surface area contributed by atoms with Crippen LogP contribution in [0.3, 0.4) is 0 Å². The van der Waals surface area contributed by atoms with Gasteiger partial charge in [0.05, 0.1) is 5.69 Å². The van der Waals surface area contributed by atoms with E-state index >= 15 is 0 Å². The lowest BCUT2D eigenvalue weighted by Crippen LogP contribution is -2.17. The number of H-pyrrole nitrogens is 1. The highest BCUT2D eigenvalue weighted by Crippen LogP contribution is 2.38. The summed E-state index contributed by atoms with van der Waals surface area (Å²) in [5, 5.41) is 7.26. The van der Waals surface area contributed by atoms with E-state index in [0.29, 0.717) is 5.92 Å². The van der Waals surface area contributed by atoms with E-state index in [2.05, 4.69) is 51.4 Å². The maximum atomic E-state index is 4.23. The van der Waals surface area contributed by atoms with E-state index in [1.54, 1.807) is 0 Å². The van der Waals surface area contributed by atoms with E-state index in [1.165, 1.54) is 11.3 Å². The fourth-order valence-corrected chi connectivity index (χ4v) is 1.75. The predicted molar refractivity (Wildman–Crippen MR) is 60.5 cm³/mol. The molecule has 1 aromatic heterocycles. The fourth-order valence-electron chi connectivity index (χ4n) is 1.75. The number of aromatic amines is 1. The molecule has 0 radical (unpaired) electrons. The summed E-state index contributed by atoms with van der Waals surface area (Å²) in [6.45, 7) is 14.7. The predicted octanol–water partition coefficient (Wildman–Crippen LogP) is 3.34. The summed E-state index contributed by atoms with van der Waals surface area (Å²) in [6.07, 6.45) is 2.02. The number of rotatable bonds is 3. The molecule has 0 aliphatic rings. The Morgan fingerprint density at radius 1 is 1.43 bits per heavy atom. The van der Waals surface area contributed by atoms with Crippen LogP contribution in [-0.2, 0) is 0 Å². The lowest BCUT2D eigenvalue weighted by molar-refractivity contribution is 0.394. The zero-order valence-electron chi connectivity index (χ0n) is 9.81. The smallest absolute Gasteiger partial charge is 0.0628 e. The molecule has 1 N–H and O–H groups in total. The summed E-state index contributed by atoms with van der Waals surface area (Å²) in [5.74, 6) is 0.443. The molecule has 78 valence electrons. The Morgan fingerprint density at radius 2 is 2.00 bits per heavy atom.